The lowest BCUT2D eigenvalue weighted by molar-refractivity contribution is 0.162. The zero-order valence-electron chi connectivity index (χ0n) is 16.3. The molecule has 7 nitrogen and oxygen atoms in total. The second kappa shape index (κ2) is 7.31. The Hall–Kier alpha value is -2.41. The third-order valence-corrected chi connectivity index (χ3v) is 6.07. The van der Waals surface area contributed by atoms with Gasteiger partial charge in [-0.1, -0.05) is 0 Å². The molecule has 2 fully saturated rings. The Morgan fingerprint density at radius 2 is 2.04 bits per heavy atom. The lowest BCUT2D eigenvalue weighted by atomic mass is 9.79. The first-order valence-electron chi connectivity index (χ1n) is 9.67. The van der Waals surface area contributed by atoms with Crippen molar-refractivity contribution in [2.24, 2.45) is 18.9 Å². The van der Waals surface area contributed by atoms with Crippen LogP contribution < -0.4 is 5.32 Å². The first-order valence-corrected chi connectivity index (χ1v) is 9.67. The summed E-state index contributed by atoms with van der Waals surface area (Å²) in [5, 5.41) is 7.19. The zero-order valence-corrected chi connectivity index (χ0v) is 16.3. The second-order valence-electron chi connectivity index (χ2n) is 8.12. The Kier molecular flexibility index (Phi) is 4.86. The van der Waals surface area contributed by atoms with Gasteiger partial charge in [0, 0.05) is 44.1 Å². The van der Waals surface area contributed by atoms with Crippen LogP contribution in [0.3, 0.4) is 0 Å². The van der Waals surface area contributed by atoms with Crippen molar-refractivity contribution in [2.75, 3.05) is 32.5 Å². The number of urea groups is 1. The van der Waals surface area contributed by atoms with E-state index in [1.807, 2.05) is 36.5 Å². The van der Waals surface area contributed by atoms with Crippen LogP contribution in [0, 0.1) is 11.8 Å². The standard InChI is InChI=1S/C20H28N6O/c1-24(2)18-5-4-15-12-26(13-16(15)8-18)20(27)23-19-9-14(6-7-21-19)17-10-22-25(3)11-17/h6-7,9-11,15-16,18H,4-5,8,12-13H2,1-3H3,(H,21,23,27). The van der Waals surface area contributed by atoms with Crippen molar-refractivity contribution in [3.8, 4) is 11.1 Å². The molecule has 1 N–H and O–H groups in total. The molecule has 2 aliphatic rings. The van der Waals surface area contributed by atoms with Gasteiger partial charge in [-0.05, 0) is 62.9 Å². The van der Waals surface area contributed by atoms with E-state index in [2.05, 4.69) is 34.4 Å². The van der Waals surface area contributed by atoms with Crippen molar-refractivity contribution in [1.82, 2.24) is 24.6 Å². The first-order chi connectivity index (χ1) is 13.0. The lowest BCUT2D eigenvalue weighted by Crippen LogP contribution is -2.36. The van der Waals surface area contributed by atoms with Crippen LogP contribution in [0.2, 0.25) is 0 Å². The average molecular weight is 368 g/mol. The summed E-state index contributed by atoms with van der Waals surface area (Å²) in [6.45, 7) is 1.71. The lowest BCUT2D eigenvalue weighted by Gasteiger charge is -2.34. The molecule has 1 saturated carbocycles. The van der Waals surface area contributed by atoms with Crippen molar-refractivity contribution in [3.05, 3.63) is 30.7 Å². The number of carbonyl (C=O) groups is 1. The summed E-state index contributed by atoms with van der Waals surface area (Å²) in [5.41, 5.74) is 2.01. The second-order valence-corrected chi connectivity index (χ2v) is 8.12. The number of nitrogens with zero attached hydrogens (tertiary/aromatic N) is 5. The van der Waals surface area contributed by atoms with Gasteiger partial charge in [-0.2, -0.15) is 5.10 Å². The predicted octanol–water partition coefficient (Wildman–Crippen LogP) is 2.68. The Bertz CT molecular complexity index is 816. The normalized spacial score (nSPS) is 24.9. The van der Waals surface area contributed by atoms with Gasteiger partial charge >= 0.3 is 6.03 Å². The molecule has 3 atom stereocenters. The van der Waals surface area contributed by atoms with Crippen LogP contribution in [0.1, 0.15) is 19.3 Å². The van der Waals surface area contributed by atoms with Crippen molar-refractivity contribution in [1.29, 1.82) is 0 Å². The zero-order chi connectivity index (χ0) is 19.0. The number of hydrogen-bond acceptors (Lipinski definition) is 4. The molecule has 0 spiro atoms. The molecule has 0 radical (unpaired) electrons. The largest absolute Gasteiger partial charge is 0.324 e. The number of aryl methyl sites for hydroxylation is 1. The van der Waals surface area contributed by atoms with E-state index < -0.39 is 0 Å². The predicted molar refractivity (Wildman–Crippen MR) is 105 cm³/mol. The fourth-order valence-corrected chi connectivity index (χ4v) is 4.48. The number of hydrogen-bond donors (Lipinski definition) is 1. The highest BCUT2D eigenvalue weighted by Crippen LogP contribution is 2.37. The van der Waals surface area contributed by atoms with Crippen molar-refractivity contribution < 1.29 is 4.79 Å². The number of nitrogens with one attached hydrogen (secondary N) is 1. The molecule has 7 heteroatoms. The topological polar surface area (TPSA) is 66.3 Å². The molecular formula is C20H28N6O. The van der Waals surface area contributed by atoms with Gasteiger partial charge in [-0.3, -0.25) is 10.00 Å². The van der Waals surface area contributed by atoms with E-state index >= 15 is 0 Å². The molecule has 144 valence electrons. The number of carbonyl (C=O) groups excluding carboxylic acids is 1. The van der Waals surface area contributed by atoms with Crippen LogP contribution in [-0.4, -0.2) is 63.8 Å². The number of aromatic nitrogens is 3. The summed E-state index contributed by atoms with van der Waals surface area (Å²) in [6, 6.07) is 4.44. The number of likely N-dealkylation sites (tertiary alicyclic amines) is 1. The number of rotatable bonds is 3. The fraction of sp³-hybridized carbons (Fsp3) is 0.550. The third-order valence-electron chi connectivity index (χ3n) is 6.07. The van der Waals surface area contributed by atoms with Gasteiger partial charge in [-0.15, -0.1) is 0 Å². The van der Waals surface area contributed by atoms with Crippen LogP contribution in [0.5, 0.6) is 0 Å². The Balaban J connectivity index is 1.40. The molecule has 2 amide bonds. The molecule has 3 unspecified atom stereocenters. The molecule has 1 aliphatic heterocycles. The number of amides is 2. The van der Waals surface area contributed by atoms with Crippen molar-refractivity contribution in [2.45, 2.75) is 25.3 Å². The Labute approximate surface area is 160 Å². The summed E-state index contributed by atoms with van der Waals surface area (Å²) in [4.78, 5) is 21.4. The van der Waals surface area contributed by atoms with E-state index in [0.717, 1.165) is 24.2 Å². The Morgan fingerprint density at radius 3 is 2.78 bits per heavy atom. The molecule has 2 aromatic heterocycles. The molecule has 1 saturated heterocycles. The minimum atomic E-state index is -0.0401. The monoisotopic (exact) mass is 368 g/mol. The van der Waals surface area contributed by atoms with Gasteiger partial charge in [0.05, 0.1) is 6.20 Å². The maximum absolute atomic E-state index is 12.8. The highest BCUT2D eigenvalue weighted by molar-refractivity contribution is 5.89. The fourth-order valence-electron chi connectivity index (χ4n) is 4.48. The molecule has 0 aromatic carbocycles. The summed E-state index contributed by atoms with van der Waals surface area (Å²) in [5.74, 6) is 1.84. The van der Waals surface area contributed by atoms with Gasteiger partial charge in [-0.25, -0.2) is 9.78 Å². The van der Waals surface area contributed by atoms with E-state index in [9.17, 15) is 4.79 Å². The van der Waals surface area contributed by atoms with Crippen LogP contribution >= 0.6 is 0 Å². The van der Waals surface area contributed by atoms with Gasteiger partial charge in [0.25, 0.3) is 0 Å². The van der Waals surface area contributed by atoms with Gasteiger partial charge in [0.1, 0.15) is 5.82 Å². The molecule has 27 heavy (non-hydrogen) atoms. The van der Waals surface area contributed by atoms with Crippen LogP contribution in [0.25, 0.3) is 11.1 Å². The van der Waals surface area contributed by atoms with E-state index in [1.54, 1.807) is 10.9 Å². The highest BCUT2D eigenvalue weighted by atomic mass is 16.2. The van der Waals surface area contributed by atoms with E-state index in [-0.39, 0.29) is 6.03 Å². The van der Waals surface area contributed by atoms with Gasteiger partial charge < -0.3 is 9.80 Å². The van der Waals surface area contributed by atoms with Crippen LogP contribution in [-0.2, 0) is 7.05 Å². The van der Waals surface area contributed by atoms with Gasteiger partial charge in [0.2, 0.25) is 0 Å². The summed E-state index contributed by atoms with van der Waals surface area (Å²) < 4.78 is 1.76. The van der Waals surface area contributed by atoms with Crippen molar-refractivity contribution >= 4 is 11.8 Å². The maximum atomic E-state index is 12.8. The molecule has 3 heterocycles. The number of fused-ring (bicyclic) bond motifs is 1. The first kappa shape index (κ1) is 18.0. The Morgan fingerprint density at radius 1 is 1.22 bits per heavy atom. The minimum Gasteiger partial charge on any atom is -0.324 e. The smallest absolute Gasteiger partial charge is 0.323 e. The summed E-state index contributed by atoms with van der Waals surface area (Å²) in [6.07, 6.45) is 9.13. The average Bonchev–Trinajstić information content (AvgIpc) is 3.27. The van der Waals surface area contributed by atoms with Gasteiger partial charge in [0.15, 0.2) is 0 Å². The van der Waals surface area contributed by atoms with Crippen LogP contribution in [0.4, 0.5) is 10.6 Å². The minimum absolute atomic E-state index is 0.0401. The van der Waals surface area contributed by atoms with E-state index in [1.165, 1.54) is 19.3 Å². The highest BCUT2D eigenvalue weighted by Gasteiger charge is 2.39. The van der Waals surface area contributed by atoms with E-state index in [0.29, 0.717) is 23.7 Å². The quantitative estimate of drug-likeness (QED) is 0.905. The SMILES string of the molecule is CN(C)C1CCC2CN(C(=O)Nc3cc(-c4cnn(C)c4)ccn3)CC2C1. The van der Waals surface area contributed by atoms with Crippen LogP contribution in [0.15, 0.2) is 30.7 Å². The maximum Gasteiger partial charge on any atom is 0.323 e. The van der Waals surface area contributed by atoms with E-state index in [4.69, 9.17) is 0 Å². The number of pyridine rings is 1. The molecule has 1 aliphatic carbocycles. The summed E-state index contributed by atoms with van der Waals surface area (Å²) in [7, 11) is 6.21. The molecular weight excluding hydrogens is 340 g/mol. The van der Waals surface area contributed by atoms with Crippen molar-refractivity contribution in [3.63, 3.8) is 0 Å². The molecule has 2 aromatic rings. The molecule has 0 bridgehead atoms. The third kappa shape index (κ3) is 3.83. The molecule has 4 rings (SSSR count). The summed E-state index contributed by atoms with van der Waals surface area (Å²) >= 11 is 0. The number of anilines is 1.